The van der Waals surface area contributed by atoms with Crippen molar-refractivity contribution in [2.24, 2.45) is 15.9 Å². The van der Waals surface area contributed by atoms with E-state index in [1.54, 1.807) is 6.92 Å². The van der Waals surface area contributed by atoms with Crippen LogP contribution in [0.15, 0.2) is 22.0 Å². The highest BCUT2D eigenvalue weighted by Crippen LogP contribution is 1.87. The van der Waals surface area contributed by atoms with Crippen molar-refractivity contribution in [3.63, 3.8) is 0 Å². The number of carbonyl (C=O) groups is 1. The smallest absolute Gasteiger partial charge is 0.356 e. The molecule has 0 fully saturated rings. The van der Waals surface area contributed by atoms with Crippen molar-refractivity contribution in [3.05, 3.63) is 11.8 Å². The minimum atomic E-state index is -1.18. The molecule has 0 radical (unpaired) electrons. The molecular formula is C6H9N3O2. The summed E-state index contributed by atoms with van der Waals surface area (Å²) in [5.41, 5.74) is 5.35. The average molecular weight is 155 g/mol. The van der Waals surface area contributed by atoms with Crippen LogP contribution in [0, 0.1) is 0 Å². The molecule has 0 bridgehead atoms. The fourth-order valence-corrected chi connectivity index (χ4v) is 0.425. The van der Waals surface area contributed by atoms with Gasteiger partial charge in [0, 0.05) is 12.4 Å². The zero-order valence-electron chi connectivity index (χ0n) is 6.11. The number of nitrogens with two attached hydrogens (primary N) is 1. The molecule has 0 aromatic carbocycles. The van der Waals surface area contributed by atoms with Crippen LogP contribution in [0.4, 0.5) is 0 Å². The lowest BCUT2D eigenvalue weighted by atomic mass is 10.3. The Morgan fingerprint density at radius 2 is 2.27 bits per heavy atom. The van der Waals surface area contributed by atoms with Crippen molar-refractivity contribution < 1.29 is 9.90 Å². The second-order valence-corrected chi connectivity index (χ2v) is 1.82. The SMILES string of the molecule is C=NN=C(C=C(C)N)C(=O)O. The Bertz CT molecular complexity index is 226. The maximum Gasteiger partial charge on any atom is 0.356 e. The van der Waals surface area contributed by atoms with Crippen molar-refractivity contribution in [3.8, 4) is 0 Å². The molecule has 0 amide bonds. The van der Waals surface area contributed by atoms with Crippen molar-refractivity contribution in [2.75, 3.05) is 0 Å². The summed E-state index contributed by atoms with van der Waals surface area (Å²) >= 11 is 0. The number of allylic oxidation sites excluding steroid dienone is 1. The summed E-state index contributed by atoms with van der Waals surface area (Å²) in [6.07, 6.45) is 1.21. The van der Waals surface area contributed by atoms with Gasteiger partial charge in [0.15, 0.2) is 5.71 Å². The van der Waals surface area contributed by atoms with Gasteiger partial charge < -0.3 is 10.8 Å². The highest BCUT2D eigenvalue weighted by Gasteiger charge is 2.04. The normalized spacial score (nSPS) is 12.8. The second-order valence-electron chi connectivity index (χ2n) is 1.82. The van der Waals surface area contributed by atoms with Crippen molar-refractivity contribution >= 4 is 18.4 Å². The van der Waals surface area contributed by atoms with E-state index < -0.39 is 5.97 Å². The van der Waals surface area contributed by atoms with Gasteiger partial charge in [-0.1, -0.05) is 0 Å². The van der Waals surface area contributed by atoms with Crippen LogP contribution in [-0.4, -0.2) is 23.5 Å². The van der Waals surface area contributed by atoms with Crippen LogP contribution < -0.4 is 5.73 Å². The highest BCUT2D eigenvalue weighted by molar-refractivity contribution is 6.40. The number of aliphatic carboxylic acids is 1. The summed E-state index contributed by atoms with van der Waals surface area (Å²) in [5.74, 6) is -1.18. The summed E-state index contributed by atoms with van der Waals surface area (Å²) in [6.45, 7) is 4.58. The van der Waals surface area contributed by atoms with Gasteiger partial charge in [0.2, 0.25) is 0 Å². The van der Waals surface area contributed by atoms with E-state index in [-0.39, 0.29) is 5.71 Å². The van der Waals surface area contributed by atoms with Gasteiger partial charge in [0.25, 0.3) is 0 Å². The average Bonchev–Trinajstić information content (AvgIpc) is 1.86. The van der Waals surface area contributed by atoms with E-state index in [9.17, 15) is 4.79 Å². The van der Waals surface area contributed by atoms with E-state index in [0.717, 1.165) is 0 Å². The van der Waals surface area contributed by atoms with Gasteiger partial charge in [-0.3, -0.25) is 0 Å². The first-order valence-electron chi connectivity index (χ1n) is 2.78. The van der Waals surface area contributed by atoms with Gasteiger partial charge in [0.1, 0.15) is 0 Å². The number of hydrogen-bond acceptors (Lipinski definition) is 4. The number of rotatable bonds is 3. The molecule has 0 aliphatic carbocycles. The molecule has 0 unspecified atom stereocenters. The molecule has 5 nitrogen and oxygen atoms in total. The third-order valence-corrected chi connectivity index (χ3v) is 0.762. The molecule has 0 aliphatic heterocycles. The Hall–Kier alpha value is -1.65. The van der Waals surface area contributed by atoms with Crippen molar-refractivity contribution in [2.45, 2.75) is 6.92 Å². The van der Waals surface area contributed by atoms with Crippen molar-refractivity contribution in [1.29, 1.82) is 0 Å². The lowest BCUT2D eigenvalue weighted by Crippen LogP contribution is -2.11. The molecule has 0 aliphatic rings. The van der Waals surface area contributed by atoms with Crippen LogP contribution in [-0.2, 0) is 4.79 Å². The fraction of sp³-hybridized carbons (Fsp3) is 0.167. The predicted molar refractivity (Wildman–Crippen MR) is 42.6 cm³/mol. The molecule has 0 heterocycles. The molecule has 5 heteroatoms. The molecular weight excluding hydrogens is 146 g/mol. The number of carboxylic acids is 1. The third kappa shape index (κ3) is 3.85. The molecule has 11 heavy (non-hydrogen) atoms. The molecule has 0 saturated heterocycles. The number of hydrogen-bond donors (Lipinski definition) is 2. The van der Waals surface area contributed by atoms with Crippen LogP contribution in [0.25, 0.3) is 0 Å². The zero-order valence-corrected chi connectivity index (χ0v) is 6.11. The largest absolute Gasteiger partial charge is 0.476 e. The molecule has 3 N–H and O–H groups in total. The van der Waals surface area contributed by atoms with E-state index in [4.69, 9.17) is 10.8 Å². The zero-order chi connectivity index (χ0) is 8.85. The Balaban J connectivity index is 4.63. The lowest BCUT2D eigenvalue weighted by Gasteiger charge is -1.91. The van der Waals surface area contributed by atoms with Crippen LogP contribution in [0.1, 0.15) is 6.92 Å². The van der Waals surface area contributed by atoms with Crippen LogP contribution >= 0.6 is 0 Å². The summed E-state index contributed by atoms with van der Waals surface area (Å²) in [4.78, 5) is 10.3. The molecule has 0 saturated carbocycles. The molecule has 0 aromatic rings. The first-order chi connectivity index (χ1) is 5.07. The minimum absolute atomic E-state index is 0.222. The first kappa shape index (κ1) is 9.35. The quantitative estimate of drug-likeness (QED) is 0.443. The van der Waals surface area contributed by atoms with E-state index in [1.165, 1.54) is 6.08 Å². The minimum Gasteiger partial charge on any atom is -0.476 e. The predicted octanol–water partition coefficient (Wildman–Crippen LogP) is -0.00990. The highest BCUT2D eigenvalue weighted by atomic mass is 16.4. The van der Waals surface area contributed by atoms with Crippen LogP contribution in [0.2, 0.25) is 0 Å². The van der Waals surface area contributed by atoms with Gasteiger partial charge in [-0.25, -0.2) is 4.79 Å². The Morgan fingerprint density at radius 1 is 1.73 bits per heavy atom. The first-order valence-corrected chi connectivity index (χ1v) is 2.78. The standard InChI is InChI=1S/C6H9N3O2/c1-4(7)3-5(6(10)11)9-8-2/h3H,2,7H2,1H3,(H,10,11). The number of carboxylic acid groups (broad SMARTS) is 1. The summed E-state index contributed by atoms with van der Waals surface area (Å²) in [7, 11) is 0. The van der Waals surface area contributed by atoms with Gasteiger partial charge in [0.05, 0.1) is 0 Å². The summed E-state index contributed by atoms with van der Waals surface area (Å²) in [5, 5.41) is 14.7. The third-order valence-electron chi connectivity index (χ3n) is 0.762. The Kier molecular flexibility index (Phi) is 3.58. The second kappa shape index (κ2) is 4.21. The maximum absolute atomic E-state index is 10.3. The molecule has 0 rings (SSSR count). The van der Waals surface area contributed by atoms with E-state index in [0.29, 0.717) is 5.70 Å². The van der Waals surface area contributed by atoms with Gasteiger partial charge in [-0.05, 0) is 13.0 Å². The maximum atomic E-state index is 10.3. The summed E-state index contributed by atoms with van der Waals surface area (Å²) in [6, 6.07) is 0. The number of nitrogens with zero attached hydrogens (tertiary/aromatic N) is 2. The van der Waals surface area contributed by atoms with Gasteiger partial charge >= 0.3 is 5.97 Å². The van der Waals surface area contributed by atoms with E-state index in [1.807, 2.05) is 0 Å². The monoisotopic (exact) mass is 155 g/mol. The van der Waals surface area contributed by atoms with Crippen LogP contribution in [0.3, 0.4) is 0 Å². The molecule has 0 spiro atoms. The van der Waals surface area contributed by atoms with E-state index in [2.05, 4.69) is 16.9 Å². The van der Waals surface area contributed by atoms with Crippen molar-refractivity contribution in [1.82, 2.24) is 0 Å². The molecule has 0 atom stereocenters. The molecule has 60 valence electrons. The fourth-order valence-electron chi connectivity index (χ4n) is 0.425. The topological polar surface area (TPSA) is 88.0 Å². The summed E-state index contributed by atoms with van der Waals surface area (Å²) < 4.78 is 0. The Morgan fingerprint density at radius 3 is 2.55 bits per heavy atom. The van der Waals surface area contributed by atoms with E-state index >= 15 is 0 Å². The molecule has 0 aromatic heterocycles. The van der Waals surface area contributed by atoms with Crippen LogP contribution in [0.5, 0.6) is 0 Å². The van der Waals surface area contributed by atoms with Gasteiger partial charge in [-0.15, -0.1) is 5.10 Å². The lowest BCUT2D eigenvalue weighted by molar-refractivity contribution is -0.129. The Labute approximate surface area is 63.9 Å². The van der Waals surface area contributed by atoms with Gasteiger partial charge in [-0.2, -0.15) is 5.10 Å².